The number of rotatable bonds is 4. The first kappa shape index (κ1) is 14.6. The highest BCUT2D eigenvalue weighted by atomic mass is 16.5. The van der Waals surface area contributed by atoms with Crippen LogP contribution in [0, 0.1) is 0 Å². The minimum atomic E-state index is -0.635. The lowest BCUT2D eigenvalue weighted by molar-refractivity contribution is -0.0617. The van der Waals surface area contributed by atoms with Gasteiger partial charge in [-0.1, -0.05) is 6.07 Å². The van der Waals surface area contributed by atoms with Crippen molar-refractivity contribution < 1.29 is 19.3 Å². The zero-order valence-electron chi connectivity index (χ0n) is 12.3. The summed E-state index contributed by atoms with van der Waals surface area (Å²) < 4.78 is 16.6. The summed E-state index contributed by atoms with van der Waals surface area (Å²) >= 11 is 0. The first-order valence-electron chi connectivity index (χ1n) is 7.65. The Morgan fingerprint density at radius 1 is 1.05 bits per heavy atom. The van der Waals surface area contributed by atoms with Gasteiger partial charge in [0, 0.05) is 45.6 Å². The Kier molecular flexibility index (Phi) is 4.63. The van der Waals surface area contributed by atoms with Gasteiger partial charge in [0.15, 0.2) is 11.5 Å². The minimum Gasteiger partial charge on any atom is -0.490 e. The number of nitrogens with one attached hydrogen (secondary N) is 1. The molecule has 1 aromatic carbocycles. The van der Waals surface area contributed by atoms with E-state index >= 15 is 0 Å². The average molecular weight is 293 g/mol. The molecular weight excluding hydrogens is 270 g/mol. The van der Waals surface area contributed by atoms with Crippen LogP contribution in [0.3, 0.4) is 0 Å². The smallest absolute Gasteiger partial charge is 0.161 e. The predicted octanol–water partition coefficient (Wildman–Crippen LogP) is 1.48. The SMILES string of the molecule is OC1(CNCc2ccc3c(c2)OCCCO3)CCOCC1. The van der Waals surface area contributed by atoms with Crippen LogP contribution in [0.1, 0.15) is 24.8 Å². The van der Waals surface area contributed by atoms with E-state index < -0.39 is 5.60 Å². The molecule has 0 bridgehead atoms. The molecule has 2 heterocycles. The molecule has 2 aliphatic rings. The Hall–Kier alpha value is -1.30. The maximum Gasteiger partial charge on any atom is 0.161 e. The zero-order valence-corrected chi connectivity index (χ0v) is 12.3. The predicted molar refractivity (Wildman–Crippen MR) is 78.8 cm³/mol. The summed E-state index contributed by atoms with van der Waals surface area (Å²) in [5.74, 6) is 1.64. The first-order valence-corrected chi connectivity index (χ1v) is 7.65. The molecule has 0 saturated carbocycles. The third-order valence-corrected chi connectivity index (χ3v) is 4.02. The fraction of sp³-hybridized carbons (Fsp3) is 0.625. The van der Waals surface area contributed by atoms with E-state index in [2.05, 4.69) is 5.32 Å². The molecule has 0 atom stereocenters. The second kappa shape index (κ2) is 6.64. The van der Waals surface area contributed by atoms with Gasteiger partial charge in [0.25, 0.3) is 0 Å². The number of ether oxygens (including phenoxy) is 3. The van der Waals surface area contributed by atoms with Gasteiger partial charge in [-0.3, -0.25) is 0 Å². The third-order valence-electron chi connectivity index (χ3n) is 4.02. The van der Waals surface area contributed by atoms with Gasteiger partial charge in [-0.05, 0) is 17.7 Å². The van der Waals surface area contributed by atoms with E-state index in [-0.39, 0.29) is 0 Å². The Balaban J connectivity index is 1.54. The van der Waals surface area contributed by atoms with Crippen molar-refractivity contribution in [3.63, 3.8) is 0 Å². The van der Waals surface area contributed by atoms with E-state index in [4.69, 9.17) is 14.2 Å². The quantitative estimate of drug-likeness (QED) is 0.880. The van der Waals surface area contributed by atoms with Crippen molar-refractivity contribution in [3.05, 3.63) is 23.8 Å². The molecule has 5 nitrogen and oxygen atoms in total. The fourth-order valence-corrected chi connectivity index (χ4v) is 2.69. The van der Waals surface area contributed by atoms with Crippen molar-refractivity contribution in [1.82, 2.24) is 5.32 Å². The van der Waals surface area contributed by atoms with Gasteiger partial charge in [-0.2, -0.15) is 0 Å². The minimum absolute atomic E-state index is 0.588. The van der Waals surface area contributed by atoms with Crippen molar-refractivity contribution in [2.75, 3.05) is 33.0 Å². The van der Waals surface area contributed by atoms with E-state index in [1.54, 1.807) is 0 Å². The Labute approximate surface area is 125 Å². The van der Waals surface area contributed by atoms with Crippen molar-refractivity contribution in [2.45, 2.75) is 31.4 Å². The highest BCUT2D eigenvalue weighted by Gasteiger charge is 2.29. The third kappa shape index (κ3) is 3.87. The Morgan fingerprint density at radius 2 is 1.81 bits per heavy atom. The second-order valence-corrected chi connectivity index (χ2v) is 5.77. The lowest BCUT2D eigenvalue weighted by Gasteiger charge is -2.32. The number of hydrogen-bond donors (Lipinski definition) is 2. The molecule has 5 heteroatoms. The molecule has 0 amide bonds. The van der Waals surface area contributed by atoms with Gasteiger partial charge in [0.05, 0.1) is 18.8 Å². The molecular formula is C16H23NO4. The van der Waals surface area contributed by atoms with Gasteiger partial charge in [-0.15, -0.1) is 0 Å². The maximum atomic E-state index is 10.4. The summed E-state index contributed by atoms with van der Waals surface area (Å²) in [6, 6.07) is 6.01. The van der Waals surface area contributed by atoms with Gasteiger partial charge in [0.2, 0.25) is 0 Å². The summed E-state index contributed by atoms with van der Waals surface area (Å²) in [6.07, 6.45) is 2.31. The Morgan fingerprint density at radius 3 is 2.62 bits per heavy atom. The van der Waals surface area contributed by atoms with Gasteiger partial charge >= 0.3 is 0 Å². The summed E-state index contributed by atoms with van der Waals surface area (Å²) in [5.41, 5.74) is 0.499. The van der Waals surface area contributed by atoms with E-state index in [0.717, 1.165) is 23.5 Å². The molecule has 3 rings (SSSR count). The molecule has 0 radical (unpaired) electrons. The standard InChI is InChI=1S/C16H23NO4/c18-16(4-8-19-9-5-16)12-17-11-13-2-3-14-15(10-13)21-7-1-6-20-14/h2-3,10,17-18H,1,4-9,11-12H2. The van der Waals surface area contributed by atoms with E-state index in [0.29, 0.717) is 52.4 Å². The average Bonchev–Trinajstić information content (AvgIpc) is 2.72. The van der Waals surface area contributed by atoms with Crippen LogP contribution in [0.25, 0.3) is 0 Å². The van der Waals surface area contributed by atoms with Crippen molar-refractivity contribution >= 4 is 0 Å². The molecule has 2 aliphatic heterocycles. The highest BCUT2D eigenvalue weighted by molar-refractivity contribution is 5.43. The van der Waals surface area contributed by atoms with Gasteiger partial charge in [0.1, 0.15) is 0 Å². The molecule has 0 aromatic heterocycles. The van der Waals surface area contributed by atoms with Crippen LogP contribution >= 0.6 is 0 Å². The lowest BCUT2D eigenvalue weighted by atomic mass is 9.94. The fourth-order valence-electron chi connectivity index (χ4n) is 2.69. The van der Waals surface area contributed by atoms with Crippen molar-refractivity contribution in [2.24, 2.45) is 0 Å². The van der Waals surface area contributed by atoms with Crippen molar-refractivity contribution in [1.29, 1.82) is 0 Å². The summed E-state index contributed by atoms with van der Waals surface area (Å²) in [4.78, 5) is 0. The maximum absolute atomic E-state index is 10.4. The van der Waals surface area contributed by atoms with E-state index in [1.807, 2.05) is 18.2 Å². The highest BCUT2D eigenvalue weighted by Crippen LogP contribution is 2.30. The van der Waals surface area contributed by atoms with Crippen LogP contribution in [0.4, 0.5) is 0 Å². The molecule has 0 unspecified atom stereocenters. The van der Waals surface area contributed by atoms with Crippen molar-refractivity contribution in [3.8, 4) is 11.5 Å². The topological polar surface area (TPSA) is 60.0 Å². The van der Waals surface area contributed by atoms with Crippen LogP contribution in [-0.4, -0.2) is 43.7 Å². The molecule has 1 aromatic rings. The lowest BCUT2D eigenvalue weighted by Crippen LogP contribution is -2.44. The summed E-state index contributed by atoms with van der Waals surface area (Å²) in [7, 11) is 0. The number of fused-ring (bicyclic) bond motifs is 1. The molecule has 21 heavy (non-hydrogen) atoms. The molecule has 0 spiro atoms. The molecule has 1 saturated heterocycles. The summed E-state index contributed by atoms with van der Waals surface area (Å²) in [6.45, 7) is 3.98. The van der Waals surface area contributed by atoms with Gasteiger partial charge in [-0.25, -0.2) is 0 Å². The number of benzene rings is 1. The number of hydrogen-bond acceptors (Lipinski definition) is 5. The van der Waals surface area contributed by atoms with Crippen LogP contribution in [0.5, 0.6) is 11.5 Å². The summed E-state index contributed by atoms with van der Waals surface area (Å²) in [5, 5.41) is 13.7. The molecule has 0 aliphatic carbocycles. The second-order valence-electron chi connectivity index (χ2n) is 5.77. The van der Waals surface area contributed by atoms with Crippen LogP contribution in [0.15, 0.2) is 18.2 Å². The van der Waals surface area contributed by atoms with E-state index in [9.17, 15) is 5.11 Å². The zero-order chi connectivity index (χ0) is 14.5. The van der Waals surface area contributed by atoms with Gasteiger partial charge < -0.3 is 24.6 Å². The molecule has 116 valence electrons. The van der Waals surface area contributed by atoms with E-state index in [1.165, 1.54) is 0 Å². The van der Waals surface area contributed by atoms with Crippen LogP contribution in [0.2, 0.25) is 0 Å². The Bertz CT molecular complexity index is 471. The number of aliphatic hydroxyl groups is 1. The molecule has 1 fully saturated rings. The monoisotopic (exact) mass is 293 g/mol. The van der Waals surface area contributed by atoms with Crippen LogP contribution < -0.4 is 14.8 Å². The molecule has 2 N–H and O–H groups in total. The largest absolute Gasteiger partial charge is 0.490 e. The normalized spacial score (nSPS) is 20.8. The first-order chi connectivity index (χ1) is 10.3. The van der Waals surface area contributed by atoms with Crippen LogP contribution in [-0.2, 0) is 11.3 Å².